The molecule has 1 aliphatic carbocycles. The lowest BCUT2D eigenvalue weighted by Gasteiger charge is -2.44. The molecule has 7 N–H and O–H groups in total. The molecule has 0 bridgehead atoms. The molecule has 2 rings (SSSR count). The second kappa shape index (κ2) is 4.79. The second-order valence-electron chi connectivity index (χ2n) is 4.81. The van der Waals surface area contributed by atoms with Gasteiger partial charge in [-0.3, -0.25) is 9.59 Å². The number of Topliss-reactive ketones (excluding diaryl/α,β-unsaturated/α-hetero) is 1. The van der Waals surface area contributed by atoms with Crippen LogP contribution in [0.15, 0.2) is 11.3 Å². The van der Waals surface area contributed by atoms with Crippen LogP contribution < -0.4 is 5.73 Å². The summed E-state index contributed by atoms with van der Waals surface area (Å²) in [6.45, 7) is 0. The molecular formula is C11H15NO8. The minimum absolute atomic E-state index is 0.0631. The standard InChI is InChI=1S/C11H15NO8/c12-10(18)8-6(15)7(16)9(17)11(19,20-8)5-3(13)1-2-4(5)14/h6-9,13,15-17,19H,1-2H2,(H2,12,18)/t6-,7+,8+,9-,11?/m1/s1. The number of nitrogens with two attached hydrogens (primary N) is 1. The number of hydrogen-bond acceptors (Lipinski definition) is 8. The quantitative estimate of drug-likeness (QED) is 0.309. The average Bonchev–Trinajstić information content (AvgIpc) is 2.71. The van der Waals surface area contributed by atoms with E-state index in [1.165, 1.54) is 0 Å². The highest BCUT2D eigenvalue weighted by molar-refractivity contribution is 6.00. The molecule has 0 radical (unpaired) electrons. The summed E-state index contributed by atoms with van der Waals surface area (Å²) < 4.78 is 4.84. The number of allylic oxidation sites excluding steroid dienone is 1. The van der Waals surface area contributed by atoms with E-state index in [2.05, 4.69) is 0 Å². The predicted molar refractivity (Wildman–Crippen MR) is 60.9 cm³/mol. The van der Waals surface area contributed by atoms with Crippen LogP contribution in [0.1, 0.15) is 12.8 Å². The lowest BCUT2D eigenvalue weighted by atomic mass is 9.87. The number of carbonyl (C=O) groups is 2. The SMILES string of the molecule is NC(=O)[C@H]1OC(O)(C2=C(O)CCC2=O)[C@H](O)[C@@H](O)[C@H]1O. The van der Waals surface area contributed by atoms with E-state index in [4.69, 9.17) is 10.5 Å². The highest BCUT2D eigenvalue weighted by Crippen LogP contribution is 2.39. The molecule has 5 atom stereocenters. The van der Waals surface area contributed by atoms with Crippen LogP contribution in [0.2, 0.25) is 0 Å². The summed E-state index contributed by atoms with van der Waals surface area (Å²) in [4.78, 5) is 22.8. The summed E-state index contributed by atoms with van der Waals surface area (Å²) >= 11 is 0. The smallest absolute Gasteiger partial charge is 0.249 e. The number of carbonyl (C=O) groups excluding carboxylic acids is 2. The Morgan fingerprint density at radius 3 is 2.30 bits per heavy atom. The van der Waals surface area contributed by atoms with Gasteiger partial charge >= 0.3 is 0 Å². The van der Waals surface area contributed by atoms with E-state index < -0.39 is 53.2 Å². The van der Waals surface area contributed by atoms with Crippen molar-refractivity contribution in [3.8, 4) is 0 Å². The molecule has 1 heterocycles. The van der Waals surface area contributed by atoms with E-state index >= 15 is 0 Å². The summed E-state index contributed by atoms with van der Waals surface area (Å²) in [5.74, 6) is -5.22. The number of aliphatic hydroxyl groups is 5. The summed E-state index contributed by atoms with van der Waals surface area (Å²) in [5.41, 5.74) is 4.33. The van der Waals surface area contributed by atoms with Gasteiger partial charge in [0.05, 0.1) is 5.57 Å². The first-order valence-electron chi connectivity index (χ1n) is 5.89. The van der Waals surface area contributed by atoms with E-state index in [0.717, 1.165) is 0 Å². The van der Waals surface area contributed by atoms with Crippen LogP contribution in [0.5, 0.6) is 0 Å². The van der Waals surface area contributed by atoms with Gasteiger partial charge in [-0.05, 0) is 0 Å². The normalized spacial score (nSPS) is 42.1. The van der Waals surface area contributed by atoms with Crippen molar-refractivity contribution >= 4 is 11.7 Å². The van der Waals surface area contributed by atoms with E-state index in [1.807, 2.05) is 0 Å². The van der Waals surface area contributed by atoms with Crippen molar-refractivity contribution in [1.82, 2.24) is 0 Å². The minimum atomic E-state index is -2.81. The molecule has 0 aromatic carbocycles. The van der Waals surface area contributed by atoms with Gasteiger partial charge in [-0.2, -0.15) is 0 Å². The molecular weight excluding hydrogens is 274 g/mol. The molecule has 2 aliphatic rings. The highest BCUT2D eigenvalue weighted by atomic mass is 16.7. The van der Waals surface area contributed by atoms with Gasteiger partial charge in [0.25, 0.3) is 0 Å². The molecule has 1 aliphatic heterocycles. The lowest BCUT2D eigenvalue weighted by molar-refractivity contribution is -0.320. The first-order chi connectivity index (χ1) is 9.20. The van der Waals surface area contributed by atoms with E-state index in [1.54, 1.807) is 0 Å². The molecule has 0 aromatic rings. The molecule has 0 saturated carbocycles. The van der Waals surface area contributed by atoms with Gasteiger partial charge in [0.15, 0.2) is 11.9 Å². The molecule has 0 aromatic heterocycles. The molecule has 1 unspecified atom stereocenters. The Kier molecular flexibility index (Phi) is 3.56. The molecule has 20 heavy (non-hydrogen) atoms. The maximum Gasteiger partial charge on any atom is 0.249 e. The Morgan fingerprint density at radius 2 is 1.85 bits per heavy atom. The minimum Gasteiger partial charge on any atom is -0.512 e. The van der Waals surface area contributed by atoms with Crippen LogP contribution in [-0.2, 0) is 14.3 Å². The van der Waals surface area contributed by atoms with Gasteiger partial charge in [-0.15, -0.1) is 0 Å². The molecule has 112 valence electrons. The number of amides is 1. The summed E-state index contributed by atoms with van der Waals surface area (Å²) in [7, 11) is 0. The molecule has 1 saturated heterocycles. The zero-order chi connectivity index (χ0) is 15.2. The Bertz CT molecular complexity index is 489. The van der Waals surface area contributed by atoms with Crippen molar-refractivity contribution in [1.29, 1.82) is 0 Å². The molecule has 0 spiro atoms. The number of ether oxygens (including phenoxy) is 1. The van der Waals surface area contributed by atoms with E-state index in [0.29, 0.717) is 0 Å². The van der Waals surface area contributed by atoms with Crippen LogP contribution in [0.3, 0.4) is 0 Å². The molecule has 9 nitrogen and oxygen atoms in total. The number of hydrogen-bond donors (Lipinski definition) is 6. The topological polar surface area (TPSA) is 171 Å². The molecule has 9 heteroatoms. The van der Waals surface area contributed by atoms with Crippen LogP contribution >= 0.6 is 0 Å². The van der Waals surface area contributed by atoms with Gasteiger partial charge in [-0.25, -0.2) is 0 Å². The van der Waals surface area contributed by atoms with Gasteiger partial charge in [-0.1, -0.05) is 0 Å². The highest BCUT2D eigenvalue weighted by Gasteiger charge is 2.59. The third kappa shape index (κ3) is 2.00. The van der Waals surface area contributed by atoms with Gasteiger partial charge < -0.3 is 36.0 Å². The monoisotopic (exact) mass is 289 g/mol. The third-order valence-corrected chi connectivity index (χ3v) is 3.49. The summed E-state index contributed by atoms with van der Waals surface area (Å²) in [6, 6.07) is 0. The predicted octanol–water partition coefficient (Wildman–Crippen LogP) is -3.18. The third-order valence-electron chi connectivity index (χ3n) is 3.49. The summed E-state index contributed by atoms with van der Waals surface area (Å²) in [5, 5.41) is 49.0. The van der Waals surface area contributed by atoms with Crippen molar-refractivity contribution in [3.63, 3.8) is 0 Å². The maximum absolute atomic E-state index is 11.7. The van der Waals surface area contributed by atoms with Crippen LogP contribution in [0.4, 0.5) is 0 Å². The first kappa shape index (κ1) is 14.9. The number of ketones is 1. The van der Waals surface area contributed by atoms with Crippen LogP contribution in [0.25, 0.3) is 0 Å². The Labute approximate surface area is 112 Å². The second-order valence-corrected chi connectivity index (χ2v) is 4.81. The maximum atomic E-state index is 11.7. The zero-order valence-corrected chi connectivity index (χ0v) is 10.3. The summed E-state index contributed by atoms with van der Waals surface area (Å²) in [6.07, 6.45) is -8.01. The lowest BCUT2D eigenvalue weighted by Crippen LogP contribution is -2.68. The Hall–Kier alpha value is -1.52. The van der Waals surface area contributed by atoms with Gasteiger partial charge in [0.1, 0.15) is 24.1 Å². The number of rotatable bonds is 2. The van der Waals surface area contributed by atoms with Crippen molar-refractivity contribution in [2.75, 3.05) is 0 Å². The van der Waals surface area contributed by atoms with Crippen molar-refractivity contribution in [3.05, 3.63) is 11.3 Å². The molecule has 1 fully saturated rings. The van der Waals surface area contributed by atoms with E-state index in [-0.39, 0.29) is 12.8 Å². The largest absolute Gasteiger partial charge is 0.512 e. The Morgan fingerprint density at radius 1 is 1.25 bits per heavy atom. The van der Waals surface area contributed by atoms with Crippen LogP contribution in [-0.4, -0.2) is 67.4 Å². The number of primary amides is 1. The fourth-order valence-corrected chi connectivity index (χ4v) is 2.41. The zero-order valence-electron chi connectivity index (χ0n) is 10.3. The van der Waals surface area contributed by atoms with Crippen molar-refractivity contribution in [2.45, 2.75) is 43.0 Å². The fourth-order valence-electron chi connectivity index (χ4n) is 2.41. The molecule has 1 amide bonds. The van der Waals surface area contributed by atoms with Gasteiger partial charge in [0, 0.05) is 12.8 Å². The van der Waals surface area contributed by atoms with Gasteiger partial charge in [0.2, 0.25) is 11.7 Å². The van der Waals surface area contributed by atoms with E-state index in [9.17, 15) is 35.1 Å². The van der Waals surface area contributed by atoms with Crippen LogP contribution in [0, 0.1) is 0 Å². The number of aliphatic hydroxyl groups excluding tert-OH is 4. The Balaban J connectivity index is 2.46. The van der Waals surface area contributed by atoms with Crippen molar-refractivity contribution in [2.24, 2.45) is 5.73 Å². The average molecular weight is 289 g/mol. The fraction of sp³-hybridized carbons (Fsp3) is 0.636. The van der Waals surface area contributed by atoms with Crippen molar-refractivity contribution < 1.29 is 39.9 Å². The first-order valence-corrected chi connectivity index (χ1v) is 5.89.